The maximum absolute atomic E-state index is 11.2. The quantitative estimate of drug-likeness (QED) is 0.196. The van der Waals surface area contributed by atoms with Crippen molar-refractivity contribution in [2.45, 2.75) is 77.6 Å². The highest BCUT2D eigenvalue weighted by Gasteiger charge is 2.08. The van der Waals surface area contributed by atoms with Crippen LogP contribution in [0.25, 0.3) is 0 Å². The van der Waals surface area contributed by atoms with Crippen LogP contribution in [-0.4, -0.2) is 23.7 Å². The van der Waals surface area contributed by atoms with E-state index < -0.39 is 5.97 Å². The molecule has 4 heteroatoms. The average Bonchev–Trinajstić information content (AvgIpc) is 2.44. The first-order chi connectivity index (χ1) is 9.70. The third-order valence-electron chi connectivity index (χ3n) is 3.25. The van der Waals surface area contributed by atoms with E-state index in [1.807, 2.05) is 0 Å². The molecule has 0 radical (unpaired) electrons. The molecule has 0 aromatic heterocycles. The molecule has 0 N–H and O–H groups in total. The van der Waals surface area contributed by atoms with Crippen molar-refractivity contribution >= 4 is 27.7 Å². The summed E-state index contributed by atoms with van der Waals surface area (Å²) < 4.78 is 5.01. The largest absolute Gasteiger partial charge is 0.465 e. The zero-order chi connectivity index (χ0) is 15.1. The van der Waals surface area contributed by atoms with Gasteiger partial charge in [-0.15, -0.1) is 0 Å². The van der Waals surface area contributed by atoms with Gasteiger partial charge < -0.3 is 4.74 Å². The molecule has 0 fully saturated rings. The van der Waals surface area contributed by atoms with Gasteiger partial charge in [-0.05, 0) is 6.42 Å². The number of ketones is 1. The maximum Gasteiger partial charge on any atom is 0.313 e. The van der Waals surface area contributed by atoms with E-state index in [0.29, 0.717) is 6.61 Å². The first-order valence-corrected chi connectivity index (χ1v) is 9.06. The van der Waals surface area contributed by atoms with E-state index >= 15 is 0 Å². The van der Waals surface area contributed by atoms with Gasteiger partial charge in [0.15, 0.2) is 5.78 Å². The number of halogens is 1. The number of alkyl halides is 1. The van der Waals surface area contributed by atoms with Gasteiger partial charge in [0.05, 0.1) is 11.9 Å². The summed E-state index contributed by atoms with van der Waals surface area (Å²) in [5, 5.41) is 0.223. The summed E-state index contributed by atoms with van der Waals surface area (Å²) in [5.41, 5.74) is 0. The van der Waals surface area contributed by atoms with Crippen molar-refractivity contribution in [1.82, 2.24) is 0 Å². The summed E-state index contributed by atoms with van der Waals surface area (Å²) in [7, 11) is 0. The van der Waals surface area contributed by atoms with Crippen molar-refractivity contribution in [3.63, 3.8) is 0 Å². The van der Waals surface area contributed by atoms with Crippen LogP contribution in [0.5, 0.6) is 0 Å². The van der Waals surface area contributed by atoms with E-state index in [1.165, 1.54) is 51.4 Å². The summed E-state index contributed by atoms with van der Waals surface area (Å²) in [6.45, 7) is 2.69. The lowest BCUT2D eigenvalue weighted by atomic mass is 10.1. The minimum Gasteiger partial charge on any atom is -0.465 e. The van der Waals surface area contributed by atoms with Crippen molar-refractivity contribution < 1.29 is 14.3 Å². The van der Waals surface area contributed by atoms with Gasteiger partial charge in [-0.25, -0.2) is 0 Å². The highest BCUT2D eigenvalue weighted by molar-refractivity contribution is 9.09. The standard InChI is InChI=1S/C16H29BrO3/c1-2-3-4-5-6-7-8-9-10-11-12-20-16(19)13-15(18)14-17/h2-14H2,1H3. The molecule has 0 saturated carbocycles. The maximum atomic E-state index is 11.2. The molecule has 0 spiro atoms. The summed E-state index contributed by atoms with van der Waals surface area (Å²) >= 11 is 3.02. The van der Waals surface area contributed by atoms with E-state index in [1.54, 1.807) is 0 Å². The second-order valence-corrected chi connectivity index (χ2v) is 5.81. The fourth-order valence-electron chi connectivity index (χ4n) is 2.03. The molecule has 0 unspecified atom stereocenters. The van der Waals surface area contributed by atoms with Crippen LogP contribution in [0.2, 0.25) is 0 Å². The van der Waals surface area contributed by atoms with Crippen molar-refractivity contribution in [2.24, 2.45) is 0 Å². The Labute approximate surface area is 132 Å². The third-order valence-corrected chi connectivity index (χ3v) is 3.88. The van der Waals surface area contributed by atoms with Gasteiger partial charge in [0.25, 0.3) is 0 Å². The molecule has 20 heavy (non-hydrogen) atoms. The van der Waals surface area contributed by atoms with Gasteiger partial charge in [0, 0.05) is 0 Å². The predicted octanol–water partition coefficient (Wildman–Crippen LogP) is 4.80. The highest BCUT2D eigenvalue weighted by atomic mass is 79.9. The number of ether oxygens (including phenoxy) is 1. The molecule has 0 rings (SSSR count). The lowest BCUT2D eigenvalue weighted by molar-refractivity contribution is -0.145. The van der Waals surface area contributed by atoms with Gasteiger partial charge in [0.1, 0.15) is 6.42 Å². The predicted molar refractivity (Wildman–Crippen MR) is 86.2 cm³/mol. The Balaban J connectivity index is 3.16. The van der Waals surface area contributed by atoms with E-state index in [0.717, 1.165) is 12.8 Å². The van der Waals surface area contributed by atoms with Gasteiger partial charge in [-0.3, -0.25) is 9.59 Å². The number of unbranched alkanes of at least 4 members (excludes halogenated alkanes) is 9. The van der Waals surface area contributed by atoms with Crippen molar-refractivity contribution in [2.75, 3.05) is 11.9 Å². The van der Waals surface area contributed by atoms with Gasteiger partial charge in [-0.1, -0.05) is 80.6 Å². The van der Waals surface area contributed by atoms with Crippen LogP contribution in [0.4, 0.5) is 0 Å². The number of carbonyl (C=O) groups is 2. The topological polar surface area (TPSA) is 43.4 Å². The number of esters is 1. The SMILES string of the molecule is CCCCCCCCCCCCOC(=O)CC(=O)CBr. The van der Waals surface area contributed by atoms with Gasteiger partial charge in [-0.2, -0.15) is 0 Å². The van der Waals surface area contributed by atoms with Crippen LogP contribution in [-0.2, 0) is 14.3 Å². The fraction of sp³-hybridized carbons (Fsp3) is 0.875. The van der Waals surface area contributed by atoms with Crippen LogP contribution >= 0.6 is 15.9 Å². The summed E-state index contributed by atoms with van der Waals surface area (Å²) in [4.78, 5) is 22.2. The second-order valence-electron chi connectivity index (χ2n) is 5.25. The Morgan fingerprint density at radius 2 is 1.35 bits per heavy atom. The molecule has 0 aliphatic carbocycles. The molecule has 0 aliphatic rings. The van der Waals surface area contributed by atoms with Crippen LogP contribution in [0.15, 0.2) is 0 Å². The summed E-state index contributed by atoms with van der Waals surface area (Å²) in [6, 6.07) is 0. The monoisotopic (exact) mass is 348 g/mol. The molecule has 0 saturated heterocycles. The minimum absolute atomic E-state index is 0.108. The van der Waals surface area contributed by atoms with E-state index in [9.17, 15) is 9.59 Å². The average molecular weight is 349 g/mol. The molecule has 0 aromatic rings. The lowest BCUT2D eigenvalue weighted by Crippen LogP contribution is -2.12. The zero-order valence-corrected chi connectivity index (χ0v) is 14.4. The van der Waals surface area contributed by atoms with E-state index in [4.69, 9.17) is 4.74 Å². The molecule has 118 valence electrons. The first-order valence-electron chi connectivity index (χ1n) is 7.94. The minimum atomic E-state index is -0.398. The van der Waals surface area contributed by atoms with Gasteiger partial charge in [0.2, 0.25) is 0 Å². The lowest BCUT2D eigenvalue weighted by Gasteiger charge is -2.04. The smallest absolute Gasteiger partial charge is 0.313 e. The van der Waals surface area contributed by atoms with Crippen LogP contribution in [0.3, 0.4) is 0 Å². The van der Waals surface area contributed by atoms with Gasteiger partial charge >= 0.3 is 5.97 Å². The van der Waals surface area contributed by atoms with E-state index in [-0.39, 0.29) is 17.5 Å². The Morgan fingerprint density at radius 3 is 1.85 bits per heavy atom. The number of hydrogen-bond acceptors (Lipinski definition) is 3. The second kappa shape index (κ2) is 15.0. The highest BCUT2D eigenvalue weighted by Crippen LogP contribution is 2.10. The number of Topliss-reactive ketones (excluding diaryl/α,β-unsaturated/α-hetero) is 1. The third kappa shape index (κ3) is 14.0. The molecule has 0 heterocycles. The van der Waals surface area contributed by atoms with Crippen molar-refractivity contribution in [3.05, 3.63) is 0 Å². The number of hydrogen-bond donors (Lipinski definition) is 0. The molecule has 0 amide bonds. The number of carbonyl (C=O) groups excluding carboxylic acids is 2. The summed E-state index contributed by atoms with van der Waals surface area (Å²) in [5.74, 6) is -0.525. The zero-order valence-electron chi connectivity index (χ0n) is 12.8. The molecular weight excluding hydrogens is 320 g/mol. The van der Waals surface area contributed by atoms with Crippen LogP contribution in [0.1, 0.15) is 77.6 Å². The molecule has 0 aromatic carbocycles. The van der Waals surface area contributed by atoms with Crippen LogP contribution in [0, 0.1) is 0 Å². The normalized spacial score (nSPS) is 10.5. The Hall–Kier alpha value is -0.380. The van der Waals surface area contributed by atoms with Crippen molar-refractivity contribution in [3.8, 4) is 0 Å². The first kappa shape index (κ1) is 19.6. The molecule has 0 aliphatic heterocycles. The molecule has 0 bridgehead atoms. The number of rotatable bonds is 14. The molecule has 3 nitrogen and oxygen atoms in total. The summed E-state index contributed by atoms with van der Waals surface area (Å²) in [6.07, 6.45) is 12.5. The fourth-order valence-corrected chi connectivity index (χ4v) is 2.23. The Bertz CT molecular complexity index is 254. The van der Waals surface area contributed by atoms with E-state index in [2.05, 4.69) is 22.9 Å². The molecular formula is C16H29BrO3. The molecule has 0 atom stereocenters. The Morgan fingerprint density at radius 1 is 0.850 bits per heavy atom. The Kier molecular flexibility index (Phi) is 14.7. The van der Waals surface area contributed by atoms with Crippen molar-refractivity contribution in [1.29, 1.82) is 0 Å². The van der Waals surface area contributed by atoms with Crippen LogP contribution < -0.4 is 0 Å².